The second kappa shape index (κ2) is 13.0. The molecule has 1 heterocycles. The van der Waals surface area contributed by atoms with Crippen LogP contribution < -0.4 is 20.7 Å². The van der Waals surface area contributed by atoms with E-state index >= 15 is 0 Å². The highest BCUT2D eigenvalue weighted by Crippen LogP contribution is 2.33. The number of alkyl halides is 3. The summed E-state index contributed by atoms with van der Waals surface area (Å²) < 4.78 is 61.7. The summed E-state index contributed by atoms with van der Waals surface area (Å²) in [5.41, 5.74) is 1.80. The van der Waals surface area contributed by atoms with E-state index in [1.165, 1.54) is 30.9 Å². The zero-order chi connectivity index (χ0) is 29.7. The Morgan fingerprint density at radius 3 is 2.49 bits per heavy atom. The minimum absolute atomic E-state index is 0.0211. The van der Waals surface area contributed by atoms with E-state index < -0.39 is 24.8 Å². The van der Waals surface area contributed by atoms with Crippen molar-refractivity contribution >= 4 is 22.3 Å². The molecular formula is C30H37F4N5O2. The molecule has 3 aromatic rings. The molecule has 1 atom stereocenters. The van der Waals surface area contributed by atoms with Crippen LogP contribution in [0.15, 0.2) is 36.4 Å². The van der Waals surface area contributed by atoms with Gasteiger partial charge in [0.1, 0.15) is 24.3 Å². The number of halogens is 4. The molecule has 0 bridgehead atoms. The average Bonchev–Trinajstić information content (AvgIpc) is 3.27. The van der Waals surface area contributed by atoms with Crippen molar-refractivity contribution in [1.82, 2.24) is 14.8 Å². The van der Waals surface area contributed by atoms with Crippen LogP contribution in [0.4, 0.5) is 28.9 Å². The summed E-state index contributed by atoms with van der Waals surface area (Å²) in [4.78, 5) is 2.24. The number of hydrogen-bond donors (Lipinski definition) is 4. The molecule has 0 amide bonds. The van der Waals surface area contributed by atoms with Gasteiger partial charge >= 0.3 is 6.18 Å². The predicted octanol–water partition coefficient (Wildman–Crippen LogP) is 5.31. The Labute approximate surface area is 237 Å². The highest BCUT2D eigenvalue weighted by molar-refractivity contribution is 5.94. The molecule has 2 aromatic carbocycles. The number of hydrogen-bond acceptors (Lipinski definition) is 6. The summed E-state index contributed by atoms with van der Waals surface area (Å²) in [5, 5.41) is 19.7. The van der Waals surface area contributed by atoms with Gasteiger partial charge in [0.15, 0.2) is 0 Å². The van der Waals surface area contributed by atoms with Crippen LogP contribution in [-0.2, 0) is 6.54 Å². The largest absolute Gasteiger partial charge is 0.495 e. The number of nitrogens with one attached hydrogen (secondary N) is 3. The van der Waals surface area contributed by atoms with E-state index in [0.29, 0.717) is 28.4 Å². The minimum atomic E-state index is -4.43. The number of methoxy groups -OCH3 is 1. The monoisotopic (exact) mass is 575 g/mol. The van der Waals surface area contributed by atoms with Gasteiger partial charge in [-0.1, -0.05) is 12.0 Å². The third kappa shape index (κ3) is 7.44. The SMILES string of the molecule is CNC(O)c1cc(OC)c(NCC#Cc2cc3c(NC4CCC(N(C)C)CC4)cccc3n2CC(F)(F)F)cc1F. The van der Waals surface area contributed by atoms with Gasteiger partial charge in [0.25, 0.3) is 0 Å². The molecule has 11 heteroatoms. The van der Waals surface area contributed by atoms with Crippen LogP contribution in [0.3, 0.4) is 0 Å². The Kier molecular flexibility index (Phi) is 9.68. The molecule has 1 aliphatic carbocycles. The third-order valence-corrected chi connectivity index (χ3v) is 7.54. The van der Waals surface area contributed by atoms with Crippen molar-refractivity contribution < 1.29 is 27.4 Å². The van der Waals surface area contributed by atoms with Crippen LogP contribution in [0.1, 0.15) is 43.2 Å². The van der Waals surface area contributed by atoms with Crippen LogP contribution in [-0.4, -0.2) is 67.6 Å². The topological polar surface area (TPSA) is 73.7 Å². The molecule has 0 radical (unpaired) electrons. The van der Waals surface area contributed by atoms with Crippen molar-refractivity contribution in [2.45, 2.75) is 56.7 Å². The van der Waals surface area contributed by atoms with Gasteiger partial charge in [-0.15, -0.1) is 0 Å². The number of fused-ring (bicyclic) bond motifs is 1. The van der Waals surface area contributed by atoms with Crippen molar-refractivity contribution in [3.63, 3.8) is 0 Å². The van der Waals surface area contributed by atoms with E-state index in [4.69, 9.17) is 4.74 Å². The quantitative estimate of drug-likeness (QED) is 0.158. The molecule has 0 spiro atoms. The summed E-state index contributed by atoms with van der Waals surface area (Å²) in [6, 6.07) is 10.4. The van der Waals surface area contributed by atoms with E-state index in [0.717, 1.165) is 31.4 Å². The van der Waals surface area contributed by atoms with Crippen molar-refractivity contribution in [2.75, 3.05) is 45.4 Å². The number of ether oxygens (including phenoxy) is 1. The van der Waals surface area contributed by atoms with Crippen molar-refractivity contribution in [1.29, 1.82) is 0 Å². The molecule has 0 saturated heterocycles. The molecule has 0 aliphatic heterocycles. The molecule has 4 rings (SSSR count). The summed E-state index contributed by atoms with van der Waals surface area (Å²) in [6.45, 7) is -1.14. The van der Waals surface area contributed by atoms with Gasteiger partial charge < -0.3 is 29.9 Å². The van der Waals surface area contributed by atoms with Gasteiger partial charge in [-0.3, -0.25) is 5.32 Å². The normalized spacial score (nSPS) is 18.2. The molecule has 4 N–H and O–H groups in total. The lowest BCUT2D eigenvalue weighted by molar-refractivity contribution is -0.140. The number of anilines is 2. The van der Waals surface area contributed by atoms with E-state index in [1.54, 1.807) is 18.2 Å². The lowest BCUT2D eigenvalue weighted by Crippen LogP contribution is -2.36. The summed E-state index contributed by atoms with van der Waals surface area (Å²) in [5.74, 6) is 5.37. The van der Waals surface area contributed by atoms with Gasteiger partial charge in [-0.2, -0.15) is 13.2 Å². The summed E-state index contributed by atoms with van der Waals surface area (Å²) in [6.07, 6.45) is -1.54. The second-order valence-corrected chi connectivity index (χ2v) is 10.5. The minimum Gasteiger partial charge on any atom is -0.495 e. The number of rotatable bonds is 9. The first kappa shape index (κ1) is 30.5. The molecule has 1 unspecified atom stereocenters. The Bertz CT molecular complexity index is 1400. The first-order valence-corrected chi connectivity index (χ1v) is 13.6. The molecule has 1 aromatic heterocycles. The molecular weight excluding hydrogens is 538 g/mol. The molecule has 1 saturated carbocycles. The van der Waals surface area contributed by atoms with E-state index in [9.17, 15) is 22.7 Å². The predicted molar refractivity (Wildman–Crippen MR) is 154 cm³/mol. The van der Waals surface area contributed by atoms with E-state index in [2.05, 4.69) is 46.8 Å². The smallest absolute Gasteiger partial charge is 0.406 e. The summed E-state index contributed by atoms with van der Waals surface area (Å²) >= 11 is 0. The van der Waals surface area contributed by atoms with Gasteiger partial charge in [0.2, 0.25) is 0 Å². The Morgan fingerprint density at radius 1 is 1.12 bits per heavy atom. The molecule has 7 nitrogen and oxygen atoms in total. The molecule has 1 fully saturated rings. The van der Waals surface area contributed by atoms with E-state index in [-0.39, 0.29) is 23.8 Å². The average molecular weight is 576 g/mol. The lowest BCUT2D eigenvalue weighted by Gasteiger charge is -2.33. The van der Waals surface area contributed by atoms with Gasteiger partial charge in [0.05, 0.1) is 30.6 Å². The molecule has 222 valence electrons. The van der Waals surface area contributed by atoms with Crippen molar-refractivity contribution in [3.8, 4) is 17.6 Å². The fraction of sp³-hybridized carbons (Fsp3) is 0.467. The Hall–Kier alpha value is -3.46. The van der Waals surface area contributed by atoms with Crippen LogP contribution in [0.5, 0.6) is 5.75 Å². The zero-order valence-corrected chi connectivity index (χ0v) is 23.7. The van der Waals surface area contributed by atoms with Gasteiger partial charge in [-0.25, -0.2) is 4.39 Å². The fourth-order valence-corrected chi connectivity index (χ4v) is 5.34. The lowest BCUT2D eigenvalue weighted by atomic mass is 9.90. The maximum Gasteiger partial charge on any atom is 0.406 e. The van der Waals surface area contributed by atoms with E-state index in [1.807, 2.05) is 6.07 Å². The first-order valence-electron chi connectivity index (χ1n) is 13.6. The molecule has 41 heavy (non-hydrogen) atoms. The maximum atomic E-state index is 14.5. The number of aliphatic hydroxyl groups excluding tert-OH is 1. The highest BCUT2D eigenvalue weighted by Gasteiger charge is 2.30. The number of aromatic nitrogens is 1. The number of aliphatic hydroxyl groups is 1. The second-order valence-electron chi connectivity index (χ2n) is 10.5. The van der Waals surface area contributed by atoms with Crippen LogP contribution in [0.2, 0.25) is 0 Å². The van der Waals surface area contributed by atoms with Gasteiger partial charge in [0, 0.05) is 34.8 Å². The third-order valence-electron chi connectivity index (χ3n) is 7.54. The zero-order valence-electron chi connectivity index (χ0n) is 23.7. The van der Waals surface area contributed by atoms with Crippen LogP contribution in [0, 0.1) is 17.7 Å². The number of nitrogens with zero attached hydrogens (tertiary/aromatic N) is 2. The Balaban J connectivity index is 1.57. The van der Waals surface area contributed by atoms with Gasteiger partial charge in [-0.05, 0) is 77.0 Å². The van der Waals surface area contributed by atoms with Crippen molar-refractivity contribution in [2.24, 2.45) is 0 Å². The maximum absolute atomic E-state index is 14.5. The van der Waals surface area contributed by atoms with Crippen LogP contribution >= 0.6 is 0 Å². The Morgan fingerprint density at radius 2 is 1.85 bits per heavy atom. The first-order chi connectivity index (χ1) is 19.5. The fourth-order valence-electron chi connectivity index (χ4n) is 5.34. The highest BCUT2D eigenvalue weighted by atomic mass is 19.4. The molecule has 1 aliphatic rings. The van der Waals surface area contributed by atoms with Crippen molar-refractivity contribution in [3.05, 3.63) is 53.5 Å². The standard InChI is InChI=1S/C30H37F4N5O2/c1-35-29(40)22-16-28(41-4)26(17-24(22)31)36-14-6-7-21-15-23-25(37-19-10-12-20(13-11-19)38(2)3)8-5-9-27(23)39(21)18-30(32,33)34/h5,8-9,15-17,19-20,29,35-37,40H,10-14,18H2,1-4H3. The summed E-state index contributed by atoms with van der Waals surface area (Å²) in [7, 11) is 7.07. The van der Waals surface area contributed by atoms with Crippen LogP contribution in [0.25, 0.3) is 10.9 Å². The number of benzene rings is 2.